The fourth-order valence-electron chi connectivity index (χ4n) is 11.3. The van der Waals surface area contributed by atoms with Crippen molar-refractivity contribution in [3.8, 4) is 0 Å². The van der Waals surface area contributed by atoms with Crippen LogP contribution in [-0.2, 0) is 0 Å². The van der Waals surface area contributed by atoms with E-state index in [0.29, 0.717) is 11.8 Å². The Morgan fingerprint density at radius 1 is 0.479 bits per heavy atom. The molecule has 0 N–H and O–H groups in total. The molecule has 4 aromatic heterocycles. The zero-order valence-corrected chi connectivity index (χ0v) is 26.5. The van der Waals surface area contributed by atoms with Crippen LogP contribution in [0.2, 0.25) is 0 Å². The van der Waals surface area contributed by atoms with E-state index in [2.05, 4.69) is 69.5 Å². The number of ketones is 2. The van der Waals surface area contributed by atoms with Crippen LogP contribution in [0.4, 0.5) is 0 Å². The Bertz CT molecular complexity index is 2870. The van der Waals surface area contributed by atoms with Crippen LogP contribution in [0.5, 0.6) is 0 Å². The van der Waals surface area contributed by atoms with Crippen LogP contribution < -0.4 is 0 Å². The molecule has 4 nitrogen and oxygen atoms in total. The van der Waals surface area contributed by atoms with E-state index in [0.717, 1.165) is 139 Å². The van der Waals surface area contributed by atoms with Crippen molar-refractivity contribution in [3.05, 3.63) is 95.0 Å². The number of rotatable bonds is 0. The van der Waals surface area contributed by atoms with Gasteiger partial charge < -0.3 is 8.80 Å². The maximum absolute atomic E-state index is 13.9. The number of hydrogen-bond acceptors (Lipinski definition) is 2. The van der Waals surface area contributed by atoms with Gasteiger partial charge in [0.25, 0.3) is 0 Å². The monoisotopic (exact) mass is 622 g/mol. The summed E-state index contributed by atoms with van der Waals surface area (Å²) in [6, 6.07) is 22.2. The highest BCUT2D eigenvalue weighted by atomic mass is 16.1. The minimum Gasteiger partial charge on any atom is -0.308 e. The predicted molar refractivity (Wildman–Crippen MR) is 194 cm³/mol. The smallest absolute Gasteiger partial charge is 0.166 e. The molecule has 4 heterocycles. The third-order valence-corrected chi connectivity index (χ3v) is 13.5. The molecule has 2 saturated carbocycles. The molecule has 6 aliphatic carbocycles. The third-order valence-electron chi connectivity index (χ3n) is 13.5. The van der Waals surface area contributed by atoms with E-state index in [-0.39, 0.29) is 35.5 Å². The summed E-state index contributed by atoms with van der Waals surface area (Å²) >= 11 is 0. The van der Waals surface area contributed by atoms with E-state index in [9.17, 15) is 12.3 Å². The highest BCUT2D eigenvalue weighted by molar-refractivity contribution is 6.35. The van der Waals surface area contributed by atoms with E-state index in [1.807, 2.05) is 0 Å². The first-order valence-corrected chi connectivity index (χ1v) is 18.0. The van der Waals surface area contributed by atoms with Crippen LogP contribution >= 0.6 is 0 Å². The van der Waals surface area contributed by atoms with Crippen LogP contribution in [0.3, 0.4) is 0 Å². The number of benzene rings is 5. The lowest BCUT2D eigenvalue weighted by Crippen LogP contribution is -2.15. The molecule has 0 aliphatic heterocycles. The summed E-state index contributed by atoms with van der Waals surface area (Å²) < 4.78 is 23.9. The van der Waals surface area contributed by atoms with Gasteiger partial charge in [0.1, 0.15) is 0 Å². The van der Waals surface area contributed by atoms with E-state index >= 15 is 0 Å². The third kappa shape index (κ3) is 2.70. The molecule has 0 radical (unpaired) electrons. The van der Waals surface area contributed by atoms with Crippen LogP contribution in [-0.4, -0.2) is 20.4 Å². The predicted octanol–water partition coefficient (Wildman–Crippen LogP) is 10.9. The lowest BCUT2D eigenvalue weighted by Gasteiger charge is -2.22. The second-order valence-corrected chi connectivity index (χ2v) is 15.5. The molecular weight excluding hydrogens is 588 g/mol. The molecule has 5 aromatic carbocycles. The number of Topliss-reactive ketones (excluding diaryl/α,β-unsaturated/α-hetero) is 2. The Balaban J connectivity index is 1.21. The maximum atomic E-state index is 13.9. The number of para-hydroxylation sites is 2. The highest BCUT2D eigenvalue weighted by Gasteiger charge is 2.37. The fraction of sp³-hybridized carbons (Fsp3) is 0.273. The van der Waals surface area contributed by atoms with Crippen molar-refractivity contribution in [1.29, 1.82) is 0 Å². The standard InChI is InChI=1S/C44H32N2O2/c47-43-23-11-7-21(8-12-23)29-17-31-25-3-1-5-27-39-35(45(41(25)27)37(31)19-33(29)43)15-16-36-40(39)28-6-2-4-26-32-18-30-22-9-13-24(14-10-22)44(48)34(30)20-38(32)46(36)42(26)28/h1-6,15-24H,7-14H2/i15D,16D. The van der Waals surface area contributed by atoms with E-state index in [4.69, 9.17) is 0 Å². The molecular formula is C44H32N2O2. The van der Waals surface area contributed by atoms with Gasteiger partial charge in [-0.1, -0.05) is 36.4 Å². The van der Waals surface area contributed by atoms with E-state index < -0.39 is 0 Å². The van der Waals surface area contributed by atoms with Crippen LogP contribution in [0, 0.1) is 11.8 Å². The van der Waals surface area contributed by atoms with E-state index in [1.165, 1.54) is 11.1 Å². The normalized spacial score (nSPS) is 24.7. The summed E-state index contributed by atoms with van der Waals surface area (Å²) in [6.45, 7) is 0. The number of aromatic nitrogens is 2. The first-order chi connectivity index (χ1) is 24.5. The van der Waals surface area contributed by atoms with Crippen LogP contribution in [0.25, 0.3) is 76.2 Å². The van der Waals surface area contributed by atoms with E-state index in [1.54, 1.807) is 0 Å². The molecule has 0 saturated heterocycles. The maximum Gasteiger partial charge on any atom is 0.166 e. The van der Waals surface area contributed by atoms with Crippen molar-refractivity contribution in [1.82, 2.24) is 8.80 Å². The summed E-state index contributed by atoms with van der Waals surface area (Å²) in [4.78, 5) is 27.7. The molecule has 4 bridgehead atoms. The summed E-state index contributed by atoms with van der Waals surface area (Å²) in [5, 5.41) is 8.70. The average molecular weight is 623 g/mol. The van der Waals surface area contributed by atoms with Crippen LogP contribution in [0.1, 0.15) is 97.8 Å². The molecule has 0 unspecified atom stereocenters. The Labute approximate surface area is 278 Å². The Hall–Kier alpha value is -4.96. The molecule has 48 heavy (non-hydrogen) atoms. The van der Waals surface area contributed by atoms with Gasteiger partial charge in [0, 0.05) is 66.1 Å². The van der Waals surface area contributed by atoms with Crippen molar-refractivity contribution in [2.45, 2.75) is 63.2 Å². The zero-order chi connectivity index (χ0) is 32.9. The van der Waals surface area contributed by atoms with Crippen molar-refractivity contribution >= 4 is 87.8 Å². The van der Waals surface area contributed by atoms with Gasteiger partial charge in [-0.3, -0.25) is 9.59 Å². The number of fused-ring (bicyclic) bond motifs is 17. The molecule has 9 aromatic rings. The highest BCUT2D eigenvalue weighted by Crippen LogP contribution is 2.51. The lowest BCUT2D eigenvalue weighted by molar-refractivity contribution is 0.0891. The number of hydrogen-bond donors (Lipinski definition) is 0. The van der Waals surface area contributed by atoms with Crippen molar-refractivity contribution < 1.29 is 12.3 Å². The molecule has 6 aliphatic rings. The van der Waals surface area contributed by atoms with Crippen LogP contribution in [0.15, 0.2) is 72.7 Å². The topological polar surface area (TPSA) is 43.0 Å². The molecule has 15 rings (SSSR count). The largest absolute Gasteiger partial charge is 0.308 e. The Kier molecular flexibility index (Phi) is 3.98. The molecule has 4 heteroatoms. The van der Waals surface area contributed by atoms with Crippen molar-refractivity contribution in [3.63, 3.8) is 0 Å². The van der Waals surface area contributed by atoms with Gasteiger partial charge in [-0.05, 0) is 111 Å². The van der Waals surface area contributed by atoms with Crippen molar-refractivity contribution in [2.24, 2.45) is 11.8 Å². The summed E-state index contributed by atoms with van der Waals surface area (Å²) in [7, 11) is 0. The first kappa shape index (κ1) is 23.4. The quantitative estimate of drug-likeness (QED) is 0.169. The molecule has 0 amide bonds. The minimum atomic E-state index is 0.108. The summed E-state index contributed by atoms with van der Waals surface area (Å²) in [5.41, 5.74) is 9.68. The van der Waals surface area contributed by atoms with Gasteiger partial charge in [0.15, 0.2) is 11.6 Å². The lowest BCUT2D eigenvalue weighted by atomic mass is 9.82. The fourth-order valence-corrected chi connectivity index (χ4v) is 11.3. The van der Waals surface area contributed by atoms with Gasteiger partial charge in [0.05, 0.1) is 35.8 Å². The second-order valence-electron chi connectivity index (χ2n) is 15.5. The number of carbonyl (C=O) groups is 2. The summed E-state index contributed by atoms with van der Waals surface area (Å²) in [6.07, 6.45) is 8.19. The SMILES string of the molecule is [2H]c1c([2H])c2c(c3cccc4c5cc6c(cc5n2c43)C(=O)C2CCC6CC2)c2c3cccc4c5cc6c(cc5n(c12)c43)C(=O)C1CCC6CC1. The molecule has 230 valence electrons. The molecule has 0 spiro atoms. The van der Waals surface area contributed by atoms with Gasteiger partial charge in [0.2, 0.25) is 0 Å². The Morgan fingerprint density at radius 2 is 0.875 bits per heavy atom. The number of carbonyl (C=O) groups excluding carboxylic acids is 2. The van der Waals surface area contributed by atoms with Gasteiger partial charge in [-0.2, -0.15) is 0 Å². The summed E-state index contributed by atoms with van der Waals surface area (Å²) in [5.74, 6) is 1.62. The average Bonchev–Trinajstić information content (AvgIpc) is 3.79. The van der Waals surface area contributed by atoms with Gasteiger partial charge in [-0.15, -0.1) is 0 Å². The second kappa shape index (κ2) is 8.18. The van der Waals surface area contributed by atoms with Crippen molar-refractivity contribution in [2.75, 3.05) is 0 Å². The first-order valence-electron chi connectivity index (χ1n) is 19.0. The van der Waals surface area contributed by atoms with Gasteiger partial charge >= 0.3 is 0 Å². The number of nitrogens with zero attached hydrogens (tertiary/aromatic N) is 2. The molecule has 2 fully saturated rings. The minimum absolute atomic E-state index is 0.108. The Morgan fingerprint density at radius 3 is 1.31 bits per heavy atom. The zero-order valence-electron chi connectivity index (χ0n) is 28.5. The molecule has 0 atom stereocenters. The van der Waals surface area contributed by atoms with Gasteiger partial charge in [-0.25, -0.2) is 0 Å².